The van der Waals surface area contributed by atoms with E-state index in [2.05, 4.69) is 96.6 Å². The van der Waals surface area contributed by atoms with Crippen LogP contribution >= 0.6 is 0 Å². The molecule has 0 atom stereocenters. The molecule has 0 amide bonds. The molecule has 3 heterocycles. The first-order valence-corrected chi connectivity index (χ1v) is 16.5. The number of nitrogens with zero attached hydrogens (tertiary/aromatic N) is 4. The van der Waals surface area contributed by atoms with E-state index in [0.717, 1.165) is 66.5 Å². The Morgan fingerprint density at radius 2 is 1.20 bits per heavy atom. The molecule has 0 unspecified atom stereocenters. The molecule has 3 aromatic heterocycles. The lowest BCUT2D eigenvalue weighted by Gasteiger charge is -2.10. The van der Waals surface area contributed by atoms with Gasteiger partial charge in [-0.1, -0.05) is 141 Å². The highest BCUT2D eigenvalue weighted by Crippen LogP contribution is 2.41. The number of para-hydroxylation sites is 3. The van der Waals surface area contributed by atoms with Crippen LogP contribution in [0.25, 0.3) is 89.2 Å². The van der Waals surface area contributed by atoms with Gasteiger partial charge in [0, 0.05) is 38.2 Å². The summed E-state index contributed by atoms with van der Waals surface area (Å²) in [4.78, 5) is 15.2. The van der Waals surface area contributed by atoms with E-state index in [1.54, 1.807) is 6.08 Å². The number of benzene rings is 6. The molecule has 0 saturated carbocycles. The van der Waals surface area contributed by atoms with E-state index < -0.39 is 0 Å². The molecular formula is C45H30N4O. The van der Waals surface area contributed by atoms with E-state index in [4.69, 9.17) is 19.4 Å². The Kier molecular flexibility index (Phi) is 7.03. The molecule has 6 aromatic carbocycles. The normalized spacial score (nSPS) is 11.9. The van der Waals surface area contributed by atoms with Crippen LogP contribution in [0.15, 0.2) is 175 Å². The minimum absolute atomic E-state index is 0.570. The number of furan rings is 1. The summed E-state index contributed by atoms with van der Waals surface area (Å²) >= 11 is 0. The Labute approximate surface area is 288 Å². The highest BCUT2D eigenvalue weighted by molar-refractivity contribution is 6.15. The summed E-state index contributed by atoms with van der Waals surface area (Å²) in [5, 5.41) is 4.35. The minimum atomic E-state index is 0.570. The molecule has 0 bridgehead atoms. The Balaban J connectivity index is 1.29. The third-order valence-electron chi connectivity index (χ3n) is 9.20. The number of aromatic nitrogens is 4. The first-order valence-electron chi connectivity index (χ1n) is 16.5. The van der Waals surface area contributed by atoms with Gasteiger partial charge in [0.05, 0.1) is 16.7 Å². The van der Waals surface area contributed by atoms with Gasteiger partial charge in [-0.05, 0) is 41.5 Å². The van der Waals surface area contributed by atoms with Crippen molar-refractivity contribution < 1.29 is 4.42 Å². The SMILES string of the molecule is C=C/C=C(\C=C)c1cccc(-c2nc(-c3ccccc3)nc(-c3cccc4oc5c(-n6c7ccccc7c7ccccc76)cccc5c34)n2)c1. The lowest BCUT2D eigenvalue weighted by Crippen LogP contribution is -2.00. The number of rotatable bonds is 7. The Morgan fingerprint density at radius 1 is 0.580 bits per heavy atom. The predicted molar refractivity (Wildman–Crippen MR) is 206 cm³/mol. The molecule has 0 saturated heterocycles. The minimum Gasteiger partial charge on any atom is -0.454 e. The second-order valence-corrected chi connectivity index (χ2v) is 12.1. The van der Waals surface area contributed by atoms with Gasteiger partial charge in [-0.15, -0.1) is 0 Å². The van der Waals surface area contributed by atoms with Crippen LogP contribution in [0.4, 0.5) is 0 Å². The maximum atomic E-state index is 6.76. The monoisotopic (exact) mass is 642 g/mol. The van der Waals surface area contributed by atoms with Crippen LogP contribution in [0.1, 0.15) is 5.56 Å². The van der Waals surface area contributed by atoms with Crippen LogP contribution in [0, 0.1) is 0 Å². The molecule has 0 N–H and O–H groups in total. The highest BCUT2D eigenvalue weighted by atomic mass is 16.3. The lowest BCUT2D eigenvalue weighted by molar-refractivity contribution is 0.666. The van der Waals surface area contributed by atoms with Crippen LogP contribution in [-0.4, -0.2) is 19.5 Å². The number of hydrogen-bond donors (Lipinski definition) is 0. The molecule has 5 heteroatoms. The first-order chi connectivity index (χ1) is 24.7. The van der Waals surface area contributed by atoms with Gasteiger partial charge in [0.25, 0.3) is 0 Å². The van der Waals surface area contributed by atoms with Crippen LogP contribution in [0.3, 0.4) is 0 Å². The summed E-state index contributed by atoms with van der Waals surface area (Å²) in [6, 6.07) is 47.7. The summed E-state index contributed by atoms with van der Waals surface area (Å²) in [7, 11) is 0. The molecule has 9 rings (SSSR count). The zero-order valence-electron chi connectivity index (χ0n) is 27.1. The zero-order chi connectivity index (χ0) is 33.6. The number of fused-ring (bicyclic) bond motifs is 6. The third-order valence-corrected chi connectivity index (χ3v) is 9.20. The first kappa shape index (κ1) is 29.3. The average Bonchev–Trinajstić information content (AvgIpc) is 3.73. The quantitative estimate of drug-likeness (QED) is 0.162. The lowest BCUT2D eigenvalue weighted by atomic mass is 10.0. The molecule has 5 nitrogen and oxygen atoms in total. The van der Waals surface area contributed by atoms with Crippen molar-refractivity contribution in [3.8, 4) is 39.9 Å². The fraction of sp³-hybridized carbons (Fsp3) is 0. The fourth-order valence-electron chi connectivity index (χ4n) is 6.97. The molecule has 0 aliphatic carbocycles. The molecule has 9 aromatic rings. The van der Waals surface area contributed by atoms with Gasteiger partial charge in [0.1, 0.15) is 5.58 Å². The molecule has 0 spiro atoms. The van der Waals surface area contributed by atoms with Crippen molar-refractivity contribution in [1.29, 1.82) is 0 Å². The second-order valence-electron chi connectivity index (χ2n) is 12.1. The fourth-order valence-corrected chi connectivity index (χ4v) is 6.97. The van der Waals surface area contributed by atoms with Crippen molar-refractivity contribution >= 4 is 49.3 Å². The topological polar surface area (TPSA) is 56.7 Å². The standard InChI is InChI=1S/C45H30N4O/c1-3-15-29(4-2)31-18-12-19-32(28-31)44-46-43(30-16-6-5-7-17-30)47-45(48-44)36-23-14-27-40-41(36)35-22-13-26-39(42(35)50-40)49-37-24-10-8-20-33(37)34-21-9-11-25-38(34)49/h3-28H,1-2H2/b29-15+. The van der Waals surface area contributed by atoms with Crippen LogP contribution < -0.4 is 0 Å². The van der Waals surface area contributed by atoms with Gasteiger partial charge in [-0.25, -0.2) is 15.0 Å². The van der Waals surface area contributed by atoms with E-state index in [0.29, 0.717) is 17.5 Å². The summed E-state index contributed by atoms with van der Waals surface area (Å²) in [6.07, 6.45) is 5.53. The maximum absolute atomic E-state index is 6.76. The maximum Gasteiger partial charge on any atom is 0.164 e. The van der Waals surface area contributed by atoms with Gasteiger partial charge >= 0.3 is 0 Å². The summed E-state index contributed by atoms with van der Waals surface area (Å²) in [6.45, 7) is 7.87. The van der Waals surface area contributed by atoms with E-state index in [9.17, 15) is 0 Å². The van der Waals surface area contributed by atoms with Gasteiger partial charge < -0.3 is 8.98 Å². The van der Waals surface area contributed by atoms with Crippen LogP contribution in [-0.2, 0) is 0 Å². The Bertz CT molecular complexity index is 2750. The van der Waals surface area contributed by atoms with Crippen molar-refractivity contribution in [2.24, 2.45) is 0 Å². The molecule has 0 radical (unpaired) electrons. The molecule has 0 aliphatic rings. The van der Waals surface area contributed by atoms with Crippen LogP contribution in [0.5, 0.6) is 0 Å². The second kappa shape index (κ2) is 12.0. The van der Waals surface area contributed by atoms with Gasteiger partial charge in [-0.2, -0.15) is 0 Å². The van der Waals surface area contributed by atoms with Gasteiger partial charge in [-0.3, -0.25) is 0 Å². The molecule has 0 fully saturated rings. The van der Waals surface area contributed by atoms with Crippen molar-refractivity contribution in [2.75, 3.05) is 0 Å². The molecular weight excluding hydrogens is 613 g/mol. The Morgan fingerprint density at radius 3 is 1.94 bits per heavy atom. The Hall–Kier alpha value is -6.85. The number of allylic oxidation sites excluding steroid dienone is 4. The third kappa shape index (κ3) is 4.75. The van der Waals surface area contributed by atoms with E-state index >= 15 is 0 Å². The predicted octanol–water partition coefficient (Wildman–Crippen LogP) is 11.6. The van der Waals surface area contributed by atoms with E-state index in [1.165, 1.54) is 10.8 Å². The molecule has 50 heavy (non-hydrogen) atoms. The van der Waals surface area contributed by atoms with Crippen LogP contribution in [0.2, 0.25) is 0 Å². The smallest absolute Gasteiger partial charge is 0.164 e. The van der Waals surface area contributed by atoms with Crippen molar-refractivity contribution in [3.63, 3.8) is 0 Å². The van der Waals surface area contributed by atoms with E-state index in [1.807, 2.05) is 72.8 Å². The summed E-state index contributed by atoms with van der Waals surface area (Å²) in [5.74, 6) is 1.74. The van der Waals surface area contributed by atoms with Crippen molar-refractivity contribution in [3.05, 3.63) is 176 Å². The molecule has 0 aliphatic heterocycles. The van der Waals surface area contributed by atoms with Gasteiger partial charge in [0.2, 0.25) is 0 Å². The van der Waals surface area contributed by atoms with Crippen molar-refractivity contribution in [2.45, 2.75) is 0 Å². The zero-order valence-corrected chi connectivity index (χ0v) is 27.1. The summed E-state index contributed by atoms with van der Waals surface area (Å²) in [5.41, 5.74) is 9.42. The largest absolute Gasteiger partial charge is 0.454 e. The molecule has 236 valence electrons. The van der Waals surface area contributed by atoms with Gasteiger partial charge in [0.15, 0.2) is 23.1 Å². The number of hydrogen-bond acceptors (Lipinski definition) is 4. The summed E-state index contributed by atoms with van der Waals surface area (Å²) < 4.78 is 9.06. The van der Waals surface area contributed by atoms with E-state index in [-0.39, 0.29) is 0 Å². The van der Waals surface area contributed by atoms with Crippen molar-refractivity contribution in [1.82, 2.24) is 19.5 Å². The average molecular weight is 643 g/mol. The highest BCUT2D eigenvalue weighted by Gasteiger charge is 2.21.